The van der Waals surface area contributed by atoms with Crippen molar-refractivity contribution >= 4 is 11.8 Å². The van der Waals surface area contributed by atoms with E-state index in [1.54, 1.807) is 24.3 Å². The normalized spacial score (nSPS) is 17.8. The third-order valence-electron chi connectivity index (χ3n) is 3.69. The molecule has 1 atom stereocenters. The lowest BCUT2D eigenvalue weighted by atomic mass is 10.2. The van der Waals surface area contributed by atoms with Gasteiger partial charge in [0.1, 0.15) is 5.75 Å². The number of nitrogens with two attached hydrogens (primary N) is 2. The fraction of sp³-hybridized carbons (Fsp3) is 0.467. The fourth-order valence-electron chi connectivity index (χ4n) is 2.52. The van der Waals surface area contributed by atoms with E-state index in [4.69, 9.17) is 16.2 Å². The van der Waals surface area contributed by atoms with Gasteiger partial charge in [0, 0.05) is 24.7 Å². The SMILES string of the molecule is NCC1CCCN1C(=O)CCOc1ccc(C(N)=O)cc1. The summed E-state index contributed by atoms with van der Waals surface area (Å²) in [6.45, 7) is 1.61. The first-order valence-electron chi connectivity index (χ1n) is 7.14. The Bertz CT molecular complexity index is 501. The molecule has 0 aromatic heterocycles. The molecule has 1 aromatic carbocycles. The Labute approximate surface area is 124 Å². The van der Waals surface area contributed by atoms with Gasteiger partial charge < -0.3 is 21.1 Å². The van der Waals surface area contributed by atoms with E-state index >= 15 is 0 Å². The third kappa shape index (κ3) is 3.95. The molecular formula is C15H21N3O3. The smallest absolute Gasteiger partial charge is 0.248 e. The number of ether oxygens (including phenoxy) is 1. The van der Waals surface area contributed by atoms with Gasteiger partial charge in [-0.1, -0.05) is 0 Å². The zero-order valence-corrected chi connectivity index (χ0v) is 12.0. The van der Waals surface area contributed by atoms with Crippen molar-refractivity contribution in [1.29, 1.82) is 0 Å². The van der Waals surface area contributed by atoms with Crippen LogP contribution >= 0.6 is 0 Å². The number of nitrogens with zero attached hydrogens (tertiary/aromatic N) is 1. The number of hydrogen-bond acceptors (Lipinski definition) is 4. The number of likely N-dealkylation sites (tertiary alicyclic amines) is 1. The van der Waals surface area contributed by atoms with E-state index in [-0.39, 0.29) is 11.9 Å². The summed E-state index contributed by atoms with van der Waals surface area (Å²) in [5, 5.41) is 0. The van der Waals surface area contributed by atoms with Crippen molar-refractivity contribution in [3.63, 3.8) is 0 Å². The number of amides is 2. The van der Waals surface area contributed by atoms with Crippen LogP contribution in [0.15, 0.2) is 24.3 Å². The molecule has 2 amide bonds. The number of primary amides is 1. The highest BCUT2D eigenvalue weighted by Crippen LogP contribution is 2.17. The van der Waals surface area contributed by atoms with E-state index in [1.807, 2.05) is 4.90 Å². The monoisotopic (exact) mass is 291 g/mol. The van der Waals surface area contributed by atoms with Crippen LogP contribution < -0.4 is 16.2 Å². The highest BCUT2D eigenvalue weighted by molar-refractivity contribution is 5.92. The number of benzene rings is 1. The van der Waals surface area contributed by atoms with Gasteiger partial charge in [-0.3, -0.25) is 9.59 Å². The minimum atomic E-state index is -0.474. The first-order valence-corrected chi connectivity index (χ1v) is 7.14. The molecule has 1 aliphatic heterocycles. The van der Waals surface area contributed by atoms with Crippen LogP contribution in [0.3, 0.4) is 0 Å². The summed E-state index contributed by atoms with van der Waals surface area (Å²) in [6, 6.07) is 6.72. The maximum Gasteiger partial charge on any atom is 0.248 e. The van der Waals surface area contributed by atoms with Gasteiger partial charge in [0.25, 0.3) is 0 Å². The van der Waals surface area contributed by atoms with Crippen molar-refractivity contribution < 1.29 is 14.3 Å². The van der Waals surface area contributed by atoms with Crippen LogP contribution in [0.4, 0.5) is 0 Å². The van der Waals surface area contributed by atoms with Crippen LogP contribution in [0.1, 0.15) is 29.6 Å². The first-order chi connectivity index (χ1) is 10.1. The molecule has 0 spiro atoms. The van der Waals surface area contributed by atoms with Gasteiger partial charge >= 0.3 is 0 Å². The number of carbonyl (C=O) groups is 2. The highest BCUT2D eigenvalue weighted by atomic mass is 16.5. The Morgan fingerprint density at radius 2 is 2.00 bits per heavy atom. The van der Waals surface area contributed by atoms with E-state index in [0.717, 1.165) is 19.4 Å². The summed E-state index contributed by atoms with van der Waals surface area (Å²) in [7, 11) is 0. The molecule has 1 aromatic rings. The van der Waals surface area contributed by atoms with Crippen LogP contribution in [0.5, 0.6) is 5.75 Å². The molecule has 1 fully saturated rings. The molecule has 0 radical (unpaired) electrons. The van der Waals surface area contributed by atoms with E-state index in [1.165, 1.54) is 0 Å². The average molecular weight is 291 g/mol. The lowest BCUT2D eigenvalue weighted by Crippen LogP contribution is -2.40. The van der Waals surface area contributed by atoms with Crippen molar-refractivity contribution in [1.82, 2.24) is 4.90 Å². The summed E-state index contributed by atoms with van der Waals surface area (Å²) in [5.41, 5.74) is 11.2. The van der Waals surface area contributed by atoms with Crippen LogP contribution in [0.25, 0.3) is 0 Å². The predicted molar refractivity (Wildman–Crippen MR) is 78.9 cm³/mol. The van der Waals surface area contributed by atoms with Crippen molar-refractivity contribution in [2.24, 2.45) is 11.5 Å². The van der Waals surface area contributed by atoms with Gasteiger partial charge in [-0.25, -0.2) is 0 Å². The van der Waals surface area contributed by atoms with Crippen LogP contribution in [-0.4, -0.2) is 42.5 Å². The highest BCUT2D eigenvalue weighted by Gasteiger charge is 2.26. The van der Waals surface area contributed by atoms with Crippen molar-refractivity contribution in [3.8, 4) is 5.75 Å². The lowest BCUT2D eigenvalue weighted by molar-refractivity contribution is -0.132. The van der Waals surface area contributed by atoms with E-state index < -0.39 is 5.91 Å². The minimum absolute atomic E-state index is 0.0803. The Morgan fingerprint density at radius 1 is 1.29 bits per heavy atom. The predicted octanol–water partition coefficient (Wildman–Crippen LogP) is 0.504. The zero-order valence-electron chi connectivity index (χ0n) is 12.0. The molecule has 6 nitrogen and oxygen atoms in total. The van der Waals surface area contributed by atoms with Gasteiger partial charge in [-0.05, 0) is 37.1 Å². The van der Waals surface area contributed by atoms with Gasteiger partial charge in [-0.15, -0.1) is 0 Å². The largest absolute Gasteiger partial charge is 0.493 e. The molecule has 1 aliphatic rings. The maximum absolute atomic E-state index is 12.1. The summed E-state index contributed by atoms with van der Waals surface area (Å²) in [6.07, 6.45) is 2.33. The Balaban J connectivity index is 1.78. The van der Waals surface area contributed by atoms with Gasteiger partial charge in [0.2, 0.25) is 11.8 Å². The van der Waals surface area contributed by atoms with Crippen LogP contribution in [-0.2, 0) is 4.79 Å². The van der Waals surface area contributed by atoms with Gasteiger partial charge in [0.15, 0.2) is 0 Å². The number of rotatable bonds is 6. The lowest BCUT2D eigenvalue weighted by Gasteiger charge is -2.23. The molecule has 6 heteroatoms. The summed E-state index contributed by atoms with van der Waals surface area (Å²) >= 11 is 0. The molecular weight excluding hydrogens is 270 g/mol. The van der Waals surface area contributed by atoms with Crippen molar-refractivity contribution in [2.75, 3.05) is 19.7 Å². The van der Waals surface area contributed by atoms with Crippen LogP contribution in [0, 0.1) is 0 Å². The molecule has 0 aliphatic carbocycles. The summed E-state index contributed by atoms with van der Waals surface area (Å²) < 4.78 is 5.51. The molecule has 0 bridgehead atoms. The standard InChI is InChI=1S/C15H21N3O3/c16-10-12-2-1-8-18(12)14(19)7-9-21-13-5-3-11(4-6-13)15(17)20/h3-6,12H,1-2,7-10,16H2,(H2,17,20). The van der Waals surface area contributed by atoms with E-state index in [0.29, 0.717) is 30.9 Å². The molecule has 0 saturated carbocycles. The van der Waals surface area contributed by atoms with Gasteiger partial charge in [0.05, 0.1) is 13.0 Å². The van der Waals surface area contributed by atoms with Gasteiger partial charge in [-0.2, -0.15) is 0 Å². The molecule has 1 unspecified atom stereocenters. The summed E-state index contributed by atoms with van der Waals surface area (Å²) in [4.78, 5) is 24.9. The molecule has 21 heavy (non-hydrogen) atoms. The minimum Gasteiger partial charge on any atom is -0.493 e. The molecule has 4 N–H and O–H groups in total. The fourth-order valence-corrected chi connectivity index (χ4v) is 2.52. The summed E-state index contributed by atoms with van der Waals surface area (Å²) in [5.74, 6) is 0.222. The molecule has 1 saturated heterocycles. The van der Waals surface area contributed by atoms with E-state index in [9.17, 15) is 9.59 Å². The van der Waals surface area contributed by atoms with Crippen molar-refractivity contribution in [3.05, 3.63) is 29.8 Å². The number of carbonyl (C=O) groups excluding carboxylic acids is 2. The Hall–Kier alpha value is -2.08. The van der Waals surface area contributed by atoms with Crippen LogP contribution in [0.2, 0.25) is 0 Å². The zero-order chi connectivity index (χ0) is 15.2. The second kappa shape index (κ2) is 7.08. The molecule has 1 heterocycles. The maximum atomic E-state index is 12.1. The van der Waals surface area contributed by atoms with E-state index in [2.05, 4.69) is 0 Å². The second-order valence-corrected chi connectivity index (χ2v) is 5.11. The number of hydrogen-bond donors (Lipinski definition) is 2. The molecule has 114 valence electrons. The Morgan fingerprint density at radius 3 is 2.62 bits per heavy atom. The topological polar surface area (TPSA) is 98.7 Å². The third-order valence-corrected chi connectivity index (χ3v) is 3.69. The second-order valence-electron chi connectivity index (χ2n) is 5.11. The first kappa shape index (κ1) is 15.3. The van der Waals surface area contributed by atoms with Crippen molar-refractivity contribution in [2.45, 2.75) is 25.3 Å². The average Bonchev–Trinajstić information content (AvgIpc) is 2.96. The Kier molecular flexibility index (Phi) is 5.16. The quantitative estimate of drug-likeness (QED) is 0.797. The molecule has 2 rings (SSSR count).